The van der Waals surface area contributed by atoms with E-state index in [9.17, 15) is 13.9 Å². The van der Waals surface area contributed by atoms with Gasteiger partial charge in [-0.3, -0.25) is 0 Å². The number of benzene rings is 1. The predicted octanol–water partition coefficient (Wildman–Crippen LogP) is 2.99. The van der Waals surface area contributed by atoms with Crippen LogP contribution in [0.2, 0.25) is 0 Å². The fourth-order valence-corrected chi connectivity index (χ4v) is 2.28. The minimum atomic E-state index is -0.817. The van der Waals surface area contributed by atoms with Gasteiger partial charge in [-0.2, -0.15) is 0 Å². The Balaban J connectivity index is 2.11. The van der Waals surface area contributed by atoms with E-state index >= 15 is 0 Å². The van der Waals surface area contributed by atoms with Gasteiger partial charge in [0.05, 0.1) is 5.60 Å². The molecule has 1 aliphatic rings. The van der Waals surface area contributed by atoms with Gasteiger partial charge < -0.3 is 10.4 Å². The Morgan fingerprint density at radius 2 is 1.94 bits per heavy atom. The van der Waals surface area contributed by atoms with Crippen LogP contribution < -0.4 is 5.32 Å². The van der Waals surface area contributed by atoms with Crippen LogP contribution in [-0.4, -0.2) is 17.3 Å². The third-order valence-corrected chi connectivity index (χ3v) is 3.41. The monoisotopic (exact) mass is 241 g/mol. The van der Waals surface area contributed by atoms with Crippen molar-refractivity contribution in [2.75, 3.05) is 11.9 Å². The average Bonchev–Trinajstić information content (AvgIpc) is 2.71. The highest BCUT2D eigenvalue weighted by Crippen LogP contribution is 2.30. The molecule has 2 rings (SSSR count). The quantitative estimate of drug-likeness (QED) is 0.852. The van der Waals surface area contributed by atoms with E-state index in [1.807, 2.05) is 0 Å². The maximum atomic E-state index is 13.7. The molecule has 0 aliphatic heterocycles. The molecule has 17 heavy (non-hydrogen) atoms. The molecule has 0 amide bonds. The van der Waals surface area contributed by atoms with Crippen molar-refractivity contribution in [1.82, 2.24) is 0 Å². The van der Waals surface area contributed by atoms with Crippen LogP contribution in [0.3, 0.4) is 0 Å². The predicted molar refractivity (Wildman–Crippen MR) is 63.0 cm³/mol. The largest absolute Gasteiger partial charge is 0.388 e. The number of nitrogens with one attached hydrogen (secondary N) is 1. The SMILES string of the molecule is Cc1ccc(F)c(NCC2(O)CCCC2)c1F. The van der Waals surface area contributed by atoms with E-state index in [0.29, 0.717) is 18.4 Å². The van der Waals surface area contributed by atoms with Crippen LogP contribution in [0.1, 0.15) is 31.2 Å². The van der Waals surface area contributed by atoms with E-state index in [4.69, 9.17) is 0 Å². The normalized spacial score (nSPS) is 18.4. The fraction of sp³-hybridized carbons (Fsp3) is 0.538. The average molecular weight is 241 g/mol. The molecule has 0 bridgehead atoms. The summed E-state index contributed by atoms with van der Waals surface area (Å²) in [5, 5.41) is 12.8. The maximum absolute atomic E-state index is 13.7. The molecule has 2 nitrogen and oxygen atoms in total. The summed E-state index contributed by atoms with van der Waals surface area (Å²) in [7, 11) is 0. The Morgan fingerprint density at radius 3 is 2.59 bits per heavy atom. The Kier molecular flexibility index (Phi) is 3.33. The van der Waals surface area contributed by atoms with Gasteiger partial charge in [0.2, 0.25) is 0 Å². The van der Waals surface area contributed by atoms with E-state index < -0.39 is 17.2 Å². The summed E-state index contributed by atoms with van der Waals surface area (Å²) >= 11 is 0. The fourth-order valence-electron chi connectivity index (χ4n) is 2.28. The van der Waals surface area contributed by atoms with Gasteiger partial charge in [0.1, 0.15) is 11.5 Å². The number of hydrogen-bond acceptors (Lipinski definition) is 2. The first kappa shape index (κ1) is 12.3. The van der Waals surface area contributed by atoms with Gasteiger partial charge in [0, 0.05) is 6.54 Å². The number of halogens is 2. The summed E-state index contributed by atoms with van der Waals surface area (Å²) < 4.78 is 27.1. The summed E-state index contributed by atoms with van der Waals surface area (Å²) in [6.07, 6.45) is 3.32. The van der Waals surface area contributed by atoms with Crippen molar-refractivity contribution in [3.05, 3.63) is 29.3 Å². The number of rotatable bonds is 3. The number of hydrogen-bond donors (Lipinski definition) is 2. The Morgan fingerprint density at radius 1 is 1.29 bits per heavy atom. The molecular weight excluding hydrogens is 224 g/mol. The second-order valence-corrected chi connectivity index (χ2v) is 4.84. The molecule has 4 heteroatoms. The molecule has 0 atom stereocenters. The third-order valence-electron chi connectivity index (χ3n) is 3.41. The van der Waals surface area contributed by atoms with Crippen LogP contribution in [0.25, 0.3) is 0 Å². The maximum Gasteiger partial charge on any atom is 0.152 e. The van der Waals surface area contributed by atoms with Crippen molar-refractivity contribution in [3.8, 4) is 0 Å². The van der Waals surface area contributed by atoms with Crippen molar-refractivity contribution in [1.29, 1.82) is 0 Å². The van der Waals surface area contributed by atoms with Crippen LogP contribution >= 0.6 is 0 Å². The van der Waals surface area contributed by atoms with Gasteiger partial charge in [-0.1, -0.05) is 18.9 Å². The Bertz CT molecular complexity index is 414. The van der Waals surface area contributed by atoms with E-state index in [-0.39, 0.29) is 12.2 Å². The van der Waals surface area contributed by atoms with Gasteiger partial charge in [0.15, 0.2) is 5.82 Å². The molecule has 0 heterocycles. The second kappa shape index (κ2) is 4.61. The molecule has 0 saturated heterocycles. The first-order valence-electron chi connectivity index (χ1n) is 5.93. The lowest BCUT2D eigenvalue weighted by Crippen LogP contribution is -2.34. The molecule has 1 aliphatic carbocycles. The minimum Gasteiger partial charge on any atom is -0.388 e. The van der Waals surface area contributed by atoms with Crippen molar-refractivity contribution < 1.29 is 13.9 Å². The molecule has 1 aromatic rings. The van der Waals surface area contributed by atoms with Gasteiger partial charge in [-0.05, 0) is 31.4 Å². The molecular formula is C13H17F2NO. The molecule has 0 unspecified atom stereocenters. The number of anilines is 1. The molecule has 1 fully saturated rings. The summed E-state index contributed by atoms with van der Waals surface area (Å²) in [4.78, 5) is 0. The molecule has 0 radical (unpaired) electrons. The highest BCUT2D eigenvalue weighted by molar-refractivity contribution is 5.49. The van der Waals surface area contributed by atoms with Crippen molar-refractivity contribution in [3.63, 3.8) is 0 Å². The first-order valence-corrected chi connectivity index (χ1v) is 5.93. The van der Waals surface area contributed by atoms with Gasteiger partial charge in [0.25, 0.3) is 0 Å². The van der Waals surface area contributed by atoms with Gasteiger partial charge in [-0.25, -0.2) is 8.78 Å². The van der Waals surface area contributed by atoms with Crippen LogP contribution in [0.15, 0.2) is 12.1 Å². The van der Waals surface area contributed by atoms with E-state index in [1.165, 1.54) is 12.1 Å². The van der Waals surface area contributed by atoms with Crippen LogP contribution in [0, 0.1) is 18.6 Å². The van der Waals surface area contributed by atoms with E-state index in [0.717, 1.165) is 12.8 Å². The summed E-state index contributed by atoms with van der Waals surface area (Å²) in [6, 6.07) is 2.64. The first-order chi connectivity index (χ1) is 8.02. The van der Waals surface area contributed by atoms with Crippen LogP contribution in [0.4, 0.5) is 14.5 Å². The summed E-state index contributed by atoms with van der Waals surface area (Å²) in [5.41, 5.74) is -0.555. The number of aryl methyl sites for hydroxylation is 1. The van der Waals surface area contributed by atoms with E-state index in [2.05, 4.69) is 5.32 Å². The van der Waals surface area contributed by atoms with Crippen LogP contribution in [-0.2, 0) is 0 Å². The molecule has 2 N–H and O–H groups in total. The zero-order valence-corrected chi connectivity index (χ0v) is 9.89. The smallest absolute Gasteiger partial charge is 0.152 e. The molecule has 0 aromatic heterocycles. The molecule has 94 valence electrons. The third kappa shape index (κ3) is 2.57. The van der Waals surface area contributed by atoms with Crippen molar-refractivity contribution in [2.24, 2.45) is 0 Å². The zero-order chi connectivity index (χ0) is 12.5. The standard InChI is InChI=1S/C13H17F2NO/c1-9-4-5-10(14)12(11(9)15)16-8-13(17)6-2-3-7-13/h4-5,16-17H,2-3,6-8H2,1H3. The van der Waals surface area contributed by atoms with Gasteiger partial charge in [-0.15, -0.1) is 0 Å². The summed E-state index contributed by atoms with van der Waals surface area (Å²) in [6.45, 7) is 1.79. The van der Waals surface area contributed by atoms with Crippen LogP contribution in [0.5, 0.6) is 0 Å². The lowest BCUT2D eigenvalue weighted by molar-refractivity contribution is 0.0613. The Labute approximate surface area is 99.7 Å². The van der Waals surface area contributed by atoms with Crippen molar-refractivity contribution >= 4 is 5.69 Å². The van der Waals surface area contributed by atoms with Gasteiger partial charge >= 0.3 is 0 Å². The molecule has 1 aromatic carbocycles. The minimum absolute atomic E-state index is 0.134. The lowest BCUT2D eigenvalue weighted by Gasteiger charge is -2.23. The summed E-state index contributed by atoms with van der Waals surface area (Å²) in [5.74, 6) is -1.19. The topological polar surface area (TPSA) is 32.3 Å². The highest BCUT2D eigenvalue weighted by atomic mass is 19.1. The van der Waals surface area contributed by atoms with E-state index in [1.54, 1.807) is 6.92 Å². The zero-order valence-electron chi connectivity index (χ0n) is 9.89. The number of aliphatic hydroxyl groups is 1. The molecule has 1 saturated carbocycles. The molecule has 0 spiro atoms. The highest BCUT2D eigenvalue weighted by Gasteiger charge is 2.31. The second-order valence-electron chi connectivity index (χ2n) is 4.84. The Hall–Kier alpha value is -1.16. The lowest BCUT2D eigenvalue weighted by atomic mass is 10.0. The van der Waals surface area contributed by atoms with Crippen molar-refractivity contribution in [2.45, 2.75) is 38.2 Å².